The Kier molecular flexibility index (Phi) is 15.9. The quantitative estimate of drug-likeness (QED) is 0.0958. The van der Waals surface area contributed by atoms with Crippen molar-refractivity contribution < 1.29 is 29.0 Å². The van der Waals surface area contributed by atoms with Crippen LogP contribution in [-0.2, 0) is 4.79 Å². The number of aryl methyl sites for hydroxylation is 4. The number of hydrogen-bond acceptors (Lipinski definition) is 10. The number of aliphatic hydroxyl groups excluding tert-OH is 1. The van der Waals surface area contributed by atoms with Gasteiger partial charge in [0, 0.05) is 95.7 Å². The lowest BCUT2D eigenvalue weighted by Crippen LogP contribution is -2.66. The molecule has 72 heavy (non-hydrogen) atoms. The van der Waals surface area contributed by atoms with Crippen LogP contribution in [0, 0.1) is 95.7 Å². The van der Waals surface area contributed by atoms with E-state index in [0.29, 0.717) is 29.9 Å². The highest BCUT2D eigenvalue weighted by Gasteiger charge is 2.64. The molecule has 4 fully saturated rings. The van der Waals surface area contributed by atoms with Crippen LogP contribution in [-0.4, -0.2) is 68.0 Å². The molecule has 0 atom stereocenters. The highest BCUT2D eigenvalue weighted by molar-refractivity contribution is 5.97. The lowest BCUT2D eigenvalue weighted by molar-refractivity contribution is -0.196. The number of aliphatic hydroxyl groups is 1. The molecule has 4 aromatic rings. The van der Waals surface area contributed by atoms with Gasteiger partial charge in [-0.15, -0.1) is 0 Å². The monoisotopic (exact) mass is 975 g/mol. The number of nitriles is 2. The van der Waals surface area contributed by atoms with Gasteiger partial charge in [0.05, 0.1) is 23.3 Å². The summed E-state index contributed by atoms with van der Waals surface area (Å²) in [5, 5.41) is 28.1. The molecule has 0 spiro atoms. The largest absolute Gasteiger partial charge is 0.489 e. The zero-order chi connectivity index (χ0) is 52.5. The molecule has 2 saturated heterocycles. The van der Waals surface area contributed by atoms with Gasteiger partial charge in [0.2, 0.25) is 0 Å². The van der Waals surface area contributed by atoms with E-state index in [9.17, 15) is 30.0 Å². The van der Waals surface area contributed by atoms with E-state index in [-0.39, 0.29) is 69.8 Å². The third-order valence-electron chi connectivity index (χ3n) is 17.5. The van der Waals surface area contributed by atoms with E-state index in [0.717, 1.165) is 114 Å². The van der Waals surface area contributed by atoms with Crippen molar-refractivity contribution >= 4 is 29.2 Å². The van der Waals surface area contributed by atoms with Crippen LogP contribution < -0.4 is 19.3 Å². The summed E-state index contributed by atoms with van der Waals surface area (Å²) in [6.45, 7) is 29.2. The van der Waals surface area contributed by atoms with Crippen molar-refractivity contribution in [3.8, 4) is 23.6 Å². The second-order valence-corrected chi connectivity index (χ2v) is 23.9. The molecule has 0 aromatic heterocycles. The van der Waals surface area contributed by atoms with Crippen molar-refractivity contribution in [3.05, 3.63) is 117 Å². The van der Waals surface area contributed by atoms with Crippen molar-refractivity contribution in [3.63, 3.8) is 0 Å². The smallest absolute Gasteiger partial charge is 0.163 e. The Labute approximate surface area is 429 Å². The number of benzene rings is 4. The maximum atomic E-state index is 13.3. The molecule has 1 N–H and O–H groups in total. The SMILES string of the molecule is Cc1cc(OC2C(C)(C)C(CC(=O)c3ccc(N4CCC(C=O)CC4)cc3)C2(C)C)cc(C)c1C#N.Cc1cc(OC2C(C)(C)C(CC(=O)c3ccc(N4CCC(CO)CC4)cc3)C2(C)C)cc(C)c1C#N. The van der Waals surface area contributed by atoms with E-state index >= 15 is 0 Å². The minimum atomic E-state index is -0.169. The molecule has 2 heterocycles. The van der Waals surface area contributed by atoms with Crippen molar-refractivity contribution in [2.45, 2.75) is 134 Å². The molecule has 8 rings (SSSR count). The first-order valence-electron chi connectivity index (χ1n) is 26.2. The van der Waals surface area contributed by atoms with Crippen molar-refractivity contribution in [2.75, 3.05) is 42.6 Å². The molecule has 0 amide bonds. The first-order valence-corrected chi connectivity index (χ1v) is 26.2. The Morgan fingerprint density at radius 3 is 1.19 bits per heavy atom. The van der Waals surface area contributed by atoms with Gasteiger partial charge < -0.3 is 29.2 Å². The predicted octanol–water partition coefficient (Wildman–Crippen LogP) is 12.4. The number of carbonyl (C=O) groups is 3. The van der Waals surface area contributed by atoms with Crippen LogP contribution in [0.5, 0.6) is 11.5 Å². The molecule has 4 aromatic carbocycles. The van der Waals surface area contributed by atoms with Crippen LogP contribution in [0.1, 0.15) is 148 Å². The Hall–Kier alpha value is -5.97. The van der Waals surface area contributed by atoms with Crippen molar-refractivity contribution in [1.29, 1.82) is 10.5 Å². The predicted molar refractivity (Wildman–Crippen MR) is 286 cm³/mol. The molecular formula is C62H78N4O6. The fourth-order valence-electron chi connectivity index (χ4n) is 13.6. The van der Waals surface area contributed by atoms with Crippen LogP contribution in [0.25, 0.3) is 0 Å². The zero-order valence-electron chi connectivity index (χ0n) is 45.0. The maximum absolute atomic E-state index is 13.3. The Balaban J connectivity index is 0.000000211. The minimum absolute atomic E-state index is 0.0289. The molecule has 0 radical (unpaired) electrons. The third-order valence-corrected chi connectivity index (χ3v) is 17.5. The number of hydrogen-bond donors (Lipinski definition) is 1. The molecule has 2 aliphatic heterocycles. The summed E-state index contributed by atoms with van der Waals surface area (Å²) in [4.78, 5) is 42.3. The summed E-state index contributed by atoms with van der Waals surface area (Å²) in [5.74, 6) is 2.88. The highest BCUT2D eigenvalue weighted by Crippen LogP contribution is 2.63. The van der Waals surface area contributed by atoms with Crippen LogP contribution in [0.4, 0.5) is 11.4 Å². The van der Waals surface area contributed by atoms with Crippen LogP contribution in [0.15, 0.2) is 72.8 Å². The van der Waals surface area contributed by atoms with Crippen LogP contribution in [0.3, 0.4) is 0 Å². The lowest BCUT2D eigenvalue weighted by atomic mass is 9.44. The number of Topliss-reactive ketones (excluding diaryl/α,β-unsaturated/α-hetero) is 2. The number of rotatable bonds is 14. The molecule has 2 aliphatic carbocycles. The Bertz CT molecular complexity index is 2630. The van der Waals surface area contributed by atoms with Gasteiger partial charge in [-0.3, -0.25) is 9.59 Å². The topological polar surface area (TPSA) is 144 Å². The van der Waals surface area contributed by atoms with Gasteiger partial charge in [-0.25, -0.2) is 0 Å². The van der Waals surface area contributed by atoms with E-state index in [1.807, 2.05) is 88.4 Å². The fraction of sp³-hybridized carbons (Fsp3) is 0.532. The lowest BCUT2D eigenvalue weighted by Gasteiger charge is -2.63. The second kappa shape index (κ2) is 21.2. The van der Waals surface area contributed by atoms with Gasteiger partial charge >= 0.3 is 0 Å². The molecular weight excluding hydrogens is 897 g/mol. The molecule has 4 aliphatic rings. The molecule has 2 saturated carbocycles. The summed E-state index contributed by atoms with van der Waals surface area (Å²) < 4.78 is 13.0. The van der Waals surface area contributed by atoms with Crippen LogP contribution in [0.2, 0.25) is 0 Å². The molecule has 0 bridgehead atoms. The van der Waals surface area contributed by atoms with Gasteiger partial charge in [0.1, 0.15) is 30.0 Å². The van der Waals surface area contributed by atoms with E-state index in [1.54, 1.807) is 0 Å². The number of aldehydes is 1. The number of anilines is 2. The van der Waals surface area contributed by atoms with Gasteiger partial charge in [-0.1, -0.05) is 55.4 Å². The summed E-state index contributed by atoms with van der Waals surface area (Å²) in [5.41, 5.74) is 8.22. The number of ketones is 2. The summed E-state index contributed by atoms with van der Waals surface area (Å²) in [6, 6.07) is 28.3. The fourth-order valence-corrected chi connectivity index (χ4v) is 13.6. The normalized spacial score (nSPS) is 22.9. The van der Waals surface area contributed by atoms with E-state index in [4.69, 9.17) is 9.47 Å². The number of piperidine rings is 2. The number of carbonyl (C=O) groups excluding carboxylic acids is 3. The first kappa shape index (κ1) is 53.8. The standard InChI is InChI=1S/C31H40N2O3.C31H38N2O3/c2*1-20-15-25(16-21(2)26(20)18-32)36-29-30(3,4)28(31(29,5)6)17-27(35)23-7-9-24(10-8-23)33-13-11-22(19-34)12-14-33/h7-10,15-16,22,28-29,34H,11-14,17,19H2,1-6H3;7-10,15-16,19,22,28-29H,11-14,17H2,1-6H3. The van der Waals surface area contributed by atoms with Gasteiger partial charge in [-0.2, -0.15) is 10.5 Å². The molecule has 10 heteroatoms. The average molecular weight is 975 g/mol. The molecule has 0 unspecified atom stereocenters. The van der Waals surface area contributed by atoms with Gasteiger partial charge in [0.25, 0.3) is 0 Å². The average Bonchev–Trinajstić information content (AvgIpc) is 3.35. The minimum Gasteiger partial charge on any atom is -0.489 e. The van der Waals surface area contributed by atoms with E-state index in [2.05, 4.69) is 89.5 Å². The Morgan fingerprint density at radius 2 is 0.903 bits per heavy atom. The second-order valence-electron chi connectivity index (χ2n) is 23.9. The van der Waals surface area contributed by atoms with Crippen molar-refractivity contribution in [1.82, 2.24) is 0 Å². The first-order chi connectivity index (χ1) is 34.0. The summed E-state index contributed by atoms with van der Waals surface area (Å²) in [6.07, 6.45) is 5.78. The molecule has 382 valence electrons. The summed E-state index contributed by atoms with van der Waals surface area (Å²) >= 11 is 0. The van der Waals surface area contributed by atoms with Crippen LogP contribution >= 0.6 is 0 Å². The van der Waals surface area contributed by atoms with Gasteiger partial charge in [-0.05, 0) is 166 Å². The van der Waals surface area contributed by atoms with Crippen molar-refractivity contribution in [2.24, 2.45) is 45.3 Å². The van der Waals surface area contributed by atoms with E-state index in [1.165, 1.54) is 0 Å². The third kappa shape index (κ3) is 10.7. The highest BCUT2D eigenvalue weighted by atomic mass is 16.5. The Morgan fingerprint density at radius 1 is 0.583 bits per heavy atom. The van der Waals surface area contributed by atoms with Gasteiger partial charge in [0.15, 0.2) is 11.6 Å². The molecule has 10 nitrogen and oxygen atoms in total. The van der Waals surface area contributed by atoms with E-state index < -0.39 is 0 Å². The number of nitrogens with zero attached hydrogens (tertiary/aromatic N) is 4. The summed E-state index contributed by atoms with van der Waals surface area (Å²) in [7, 11) is 0. The zero-order valence-corrected chi connectivity index (χ0v) is 45.0. The number of ether oxygens (including phenoxy) is 2. The maximum Gasteiger partial charge on any atom is 0.163 e.